The van der Waals surface area contributed by atoms with Gasteiger partial charge in [-0.3, -0.25) is 4.79 Å². The second-order valence-corrected chi connectivity index (χ2v) is 6.46. The van der Waals surface area contributed by atoms with Crippen LogP contribution < -0.4 is 5.32 Å². The highest BCUT2D eigenvalue weighted by atomic mass is 79.9. The highest BCUT2D eigenvalue weighted by Gasteiger charge is 2.21. The predicted molar refractivity (Wildman–Crippen MR) is 82.2 cm³/mol. The molecule has 1 aliphatic carbocycles. The first-order valence-corrected chi connectivity index (χ1v) is 8.13. The Bertz CT molecular complexity index is 470. The Morgan fingerprint density at radius 2 is 1.95 bits per heavy atom. The molecule has 1 saturated carbocycles. The molecule has 0 spiro atoms. The van der Waals surface area contributed by atoms with Crippen LogP contribution in [0, 0.1) is 17.7 Å². The molecule has 0 aromatic heterocycles. The molecule has 0 bridgehead atoms. The minimum Gasteiger partial charge on any atom is -0.352 e. The third kappa shape index (κ3) is 3.81. The summed E-state index contributed by atoms with van der Waals surface area (Å²) in [5.41, 5.74) is 0.113. The summed E-state index contributed by atoms with van der Waals surface area (Å²) in [7, 11) is 0. The summed E-state index contributed by atoms with van der Waals surface area (Å²) in [6.07, 6.45) is 6.09. The maximum Gasteiger partial charge on any atom is 0.254 e. The normalized spacial score (nSPS) is 22.6. The molecule has 1 aromatic rings. The summed E-state index contributed by atoms with van der Waals surface area (Å²) in [6, 6.07) is 4.79. The van der Waals surface area contributed by atoms with Gasteiger partial charge >= 0.3 is 0 Å². The molecule has 1 N–H and O–H groups in total. The highest BCUT2D eigenvalue weighted by Crippen LogP contribution is 2.30. The first-order valence-electron chi connectivity index (χ1n) is 7.34. The summed E-state index contributed by atoms with van der Waals surface area (Å²) in [5, 5.41) is 2.87. The second-order valence-electron chi connectivity index (χ2n) is 5.61. The minimum absolute atomic E-state index is 0.113. The van der Waals surface area contributed by atoms with E-state index in [0.717, 1.165) is 5.92 Å². The van der Waals surface area contributed by atoms with Gasteiger partial charge in [-0.2, -0.15) is 0 Å². The van der Waals surface area contributed by atoms with E-state index in [1.54, 1.807) is 12.1 Å². The number of rotatable bonds is 4. The van der Waals surface area contributed by atoms with E-state index in [1.165, 1.54) is 38.2 Å². The van der Waals surface area contributed by atoms with Crippen LogP contribution in [0.4, 0.5) is 4.39 Å². The zero-order chi connectivity index (χ0) is 14.5. The van der Waals surface area contributed by atoms with Crippen LogP contribution in [0.5, 0.6) is 0 Å². The Morgan fingerprint density at radius 1 is 1.30 bits per heavy atom. The molecule has 0 radical (unpaired) electrons. The SMILES string of the molecule is CCC1CCC(CNC(=O)c2cccc(Br)c2F)CC1. The van der Waals surface area contributed by atoms with Crippen LogP contribution >= 0.6 is 15.9 Å². The lowest BCUT2D eigenvalue weighted by molar-refractivity contribution is 0.0937. The number of carbonyl (C=O) groups excluding carboxylic acids is 1. The van der Waals surface area contributed by atoms with Crippen molar-refractivity contribution in [2.45, 2.75) is 39.0 Å². The number of benzene rings is 1. The van der Waals surface area contributed by atoms with Crippen molar-refractivity contribution < 1.29 is 9.18 Å². The van der Waals surface area contributed by atoms with Crippen LogP contribution in [0.25, 0.3) is 0 Å². The van der Waals surface area contributed by atoms with Gasteiger partial charge in [-0.15, -0.1) is 0 Å². The summed E-state index contributed by atoms with van der Waals surface area (Å²) in [5.74, 6) is 0.586. The van der Waals surface area contributed by atoms with Crippen molar-refractivity contribution in [3.8, 4) is 0 Å². The van der Waals surface area contributed by atoms with Crippen LogP contribution in [0.2, 0.25) is 0 Å². The van der Waals surface area contributed by atoms with Gasteiger partial charge in [-0.05, 0) is 52.7 Å². The Kier molecular flexibility index (Phi) is 5.58. The van der Waals surface area contributed by atoms with E-state index >= 15 is 0 Å². The second kappa shape index (κ2) is 7.21. The minimum atomic E-state index is -0.486. The van der Waals surface area contributed by atoms with Gasteiger partial charge in [-0.25, -0.2) is 4.39 Å². The molecule has 1 fully saturated rings. The van der Waals surface area contributed by atoms with E-state index < -0.39 is 5.82 Å². The number of halogens is 2. The average molecular weight is 342 g/mol. The maximum atomic E-state index is 13.8. The number of amides is 1. The number of hydrogen-bond acceptors (Lipinski definition) is 1. The Labute approximate surface area is 128 Å². The molecular weight excluding hydrogens is 321 g/mol. The fourth-order valence-electron chi connectivity index (χ4n) is 2.86. The smallest absolute Gasteiger partial charge is 0.254 e. The van der Waals surface area contributed by atoms with E-state index in [-0.39, 0.29) is 11.5 Å². The van der Waals surface area contributed by atoms with E-state index in [4.69, 9.17) is 0 Å². The monoisotopic (exact) mass is 341 g/mol. The van der Waals surface area contributed by atoms with E-state index in [9.17, 15) is 9.18 Å². The summed E-state index contributed by atoms with van der Waals surface area (Å²) >= 11 is 3.10. The zero-order valence-corrected chi connectivity index (χ0v) is 13.4. The first kappa shape index (κ1) is 15.5. The fraction of sp³-hybridized carbons (Fsp3) is 0.562. The van der Waals surface area contributed by atoms with Crippen molar-refractivity contribution in [3.05, 3.63) is 34.1 Å². The molecule has 1 aromatic carbocycles. The summed E-state index contributed by atoms with van der Waals surface area (Å²) in [6.45, 7) is 2.89. The van der Waals surface area contributed by atoms with Crippen molar-refractivity contribution in [2.75, 3.05) is 6.54 Å². The van der Waals surface area contributed by atoms with Crippen molar-refractivity contribution in [1.82, 2.24) is 5.32 Å². The summed E-state index contributed by atoms with van der Waals surface area (Å²) < 4.78 is 14.1. The van der Waals surface area contributed by atoms with Gasteiger partial charge in [0.05, 0.1) is 10.0 Å². The molecule has 4 heteroatoms. The first-order chi connectivity index (χ1) is 9.61. The van der Waals surface area contributed by atoms with E-state index in [1.807, 2.05) is 0 Å². The van der Waals surface area contributed by atoms with Crippen molar-refractivity contribution >= 4 is 21.8 Å². The quantitative estimate of drug-likeness (QED) is 0.856. The molecular formula is C16H21BrFNO. The van der Waals surface area contributed by atoms with Crippen molar-refractivity contribution in [2.24, 2.45) is 11.8 Å². The average Bonchev–Trinajstić information content (AvgIpc) is 2.48. The molecule has 110 valence electrons. The van der Waals surface area contributed by atoms with Gasteiger partial charge in [-0.1, -0.05) is 32.3 Å². The molecule has 0 heterocycles. The lowest BCUT2D eigenvalue weighted by atomic mass is 9.81. The largest absolute Gasteiger partial charge is 0.352 e. The Hall–Kier alpha value is -0.900. The van der Waals surface area contributed by atoms with Crippen LogP contribution in [0.15, 0.2) is 22.7 Å². The lowest BCUT2D eigenvalue weighted by Gasteiger charge is -2.27. The predicted octanol–water partition coefficient (Wildman–Crippen LogP) is 4.53. The molecule has 0 saturated heterocycles. The van der Waals surface area contributed by atoms with Gasteiger partial charge in [0.25, 0.3) is 5.91 Å². The molecule has 2 rings (SSSR count). The third-order valence-corrected chi connectivity index (χ3v) is 4.90. The highest BCUT2D eigenvalue weighted by molar-refractivity contribution is 9.10. The maximum absolute atomic E-state index is 13.8. The van der Waals surface area contributed by atoms with Gasteiger partial charge in [0.1, 0.15) is 5.82 Å². The van der Waals surface area contributed by atoms with Gasteiger partial charge in [0.15, 0.2) is 0 Å². The summed E-state index contributed by atoms with van der Waals surface area (Å²) in [4.78, 5) is 12.0. The van der Waals surface area contributed by atoms with Crippen LogP contribution in [-0.4, -0.2) is 12.5 Å². The molecule has 1 amide bonds. The standard InChI is InChI=1S/C16H21BrFNO/c1-2-11-6-8-12(9-7-11)10-19-16(20)13-4-3-5-14(17)15(13)18/h3-5,11-12H,2,6-10H2,1H3,(H,19,20). The topological polar surface area (TPSA) is 29.1 Å². The fourth-order valence-corrected chi connectivity index (χ4v) is 3.22. The Morgan fingerprint density at radius 3 is 2.60 bits per heavy atom. The van der Waals surface area contributed by atoms with Crippen molar-refractivity contribution in [3.63, 3.8) is 0 Å². The van der Waals surface area contributed by atoms with Crippen LogP contribution in [-0.2, 0) is 0 Å². The number of nitrogens with one attached hydrogen (secondary N) is 1. The van der Waals surface area contributed by atoms with Crippen LogP contribution in [0.3, 0.4) is 0 Å². The van der Waals surface area contributed by atoms with Gasteiger partial charge in [0.2, 0.25) is 0 Å². The van der Waals surface area contributed by atoms with Gasteiger partial charge < -0.3 is 5.32 Å². The number of hydrogen-bond donors (Lipinski definition) is 1. The molecule has 2 nitrogen and oxygen atoms in total. The molecule has 0 unspecified atom stereocenters. The van der Waals surface area contributed by atoms with E-state index in [2.05, 4.69) is 28.2 Å². The zero-order valence-electron chi connectivity index (χ0n) is 11.8. The molecule has 0 atom stereocenters. The molecule has 20 heavy (non-hydrogen) atoms. The molecule has 1 aliphatic rings. The number of carbonyl (C=O) groups is 1. The molecule has 0 aliphatic heterocycles. The third-order valence-electron chi connectivity index (χ3n) is 4.29. The lowest BCUT2D eigenvalue weighted by Crippen LogP contribution is -2.31. The van der Waals surface area contributed by atoms with Gasteiger partial charge in [0, 0.05) is 6.54 Å². The van der Waals surface area contributed by atoms with E-state index in [0.29, 0.717) is 16.9 Å². The van der Waals surface area contributed by atoms with Crippen LogP contribution in [0.1, 0.15) is 49.4 Å². The van der Waals surface area contributed by atoms with Crippen molar-refractivity contribution in [1.29, 1.82) is 0 Å². The Balaban J connectivity index is 1.85.